The maximum atomic E-state index is 14.1. The maximum absolute atomic E-state index is 14.1. The first-order valence-corrected chi connectivity index (χ1v) is 9.87. The summed E-state index contributed by atoms with van der Waals surface area (Å²) in [7, 11) is 0. The second-order valence-electron chi connectivity index (χ2n) is 7.12. The van der Waals surface area contributed by atoms with Crippen LogP contribution >= 0.6 is 0 Å². The Hall–Kier alpha value is -4.55. The van der Waals surface area contributed by atoms with Gasteiger partial charge in [0.1, 0.15) is 17.8 Å². The van der Waals surface area contributed by atoms with Crippen molar-refractivity contribution in [2.24, 2.45) is 0 Å². The van der Waals surface area contributed by atoms with Gasteiger partial charge in [-0.05, 0) is 30.7 Å². The number of nitrogens with two attached hydrogens (primary N) is 1. The van der Waals surface area contributed by atoms with Crippen LogP contribution in [0.4, 0.5) is 19.1 Å². The van der Waals surface area contributed by atoms with Crippen LogP contribution in [0.25, 0.3) is 28.4 Å². The minimum Gasteiger partial charge on any atom is -0.443 e. The smallest absolute Gasteiger partial charge is 0.388 e. The molecular formula is C21H15F3N8O2. The Morgan fingerprint density at radius 2 is 2.00 bits per heavy atom. The zero-order valence-electron chi connectivity index (χ0n) is 17.5. The number of oxazole rings is 1. The van der Waals surface area contributed by atoms with Crippen LogP contribution in [0, 0.1) is 12.7 Å². The van der Waals surface area contributed by atoms with E-state index in [4.69, 9.17) is 10.2 Å². The van der Waals surface area contributed by atoms with Gasteiger partial charge in [-0.1, -0.05) is 0 Å². The minimum absolute atomic E-state index is 0.0172. The van der Waals surface area contributed by atoms with E-state index in [1.165, 1.54) is 41.4 Å². The number of anilines is 1. The fourth-order valence-electron chi connectivity index (χ4n) is 3.47. The Labute approximate surface area is 189 Å². The number of rotatable bonds is 6. The van der Waals surface area contributed by atoms with Crippen LogP contribution in [-0.2, 0) is 6.42 Å². The predicted octanol–water partition coefficient (Wildman–Crippen LogP) is 3.46. The third-order valence-corrected chi connectivity index (χ3v) is 4.78. The SMILES string of the molecule is Cc1cc(-c2c(-c3ncco3)nc(N)n3nc(Cc4ncccc4F)nc23)cc(OC(F)F)n1. The van der Waals surface area contributed by atoms with Crippen LogP contribution in [0.3, 0.4) is 0 Å². The van der Waals surface area contributed by atoms with Crippen LogP contribution in [0.15, 0.2) is 47.3 Å². The van der Waals surface area contributed by atoms with E-state index >= 15 is 0 Å². The number of ether oxygens (including phenoxy) is 1. The van der Waals surface area contributed by atoms with Gasteiger partial charge in [-0.15, -0.1) is 5.10 Å². The summed E-state index contributed by atoms with van der Waals surface area (Å²) in [6.07, 6.45) is 4.21. The van der Waals surface area contributed by atoms with E-state index in [0.29, 0.717) is 16.8 Å². The van der Waals surface area contributed by atoms with Crippen molar-refractivity contribution in [2.75, 3.05) is 5.73 Å². The average Bonchev–Trinajstić information content (AvgIpc) is 3.45. The van der Waals surface area contributed by atoms with Gasteiger partial charge in [0, 0.05) is 18.0 Å². The molecule has 0 saturated carbocycles. The summed E-state index contributed by atoms with van der Waals surface area (Å²) in [5.41, 5.74) is 7.82. The molecule has 0 aliphatic heterocycles. The fourth-order valence-corrected chi connectivity index (χ4v) is 3.47. The molecule has 0 bridgehead atoms. The van der Waals surface area contributed by atoms with Crippen LogP contribution in [0.1, 0.15) is 17.2 Å². The largest absolute Gasteiger partial charge is 0.443 e. The lowest BCUT2D eigenvalue weighted by atomic mass is 10.0. The number of aryl methyl sites for hydroxylation is 1. The first-order chi connectivity index (χ1) is 16.4. The fraction of sp³-hybridized carbons (Fsp3) is 0.143. The van der Waals surface area contributed by atoms with E-state index in [1.54, 1.807) is 13.0 Å². The van der Waals surface area contributed by atoms with Gasteiger partial charge in [-0.3, -0.25) is 4.98 Å². The summed E-state index contributed by atoms with van der Waals surface area (Å²) in [6, 6.07) is 5.70. The van der Waals surface area contributed by atoms with Crippen LogP contribution in [0.2, 0.25) is 0 Å². The monoisotopic (exact) mass is 468 g/mol. The summed E-state index contributed by atoms with van der Waals surface area (Å²) in [5, 5.41) is 4.34. The van der Waals surface area contributed by atoms with Gasteiger partial charge in [-0.25, -0.2) is 24.3 Å². The molecule has 0 aromatic carbocycles. The molecule has 10 nitrogen and oxygen atoms in total. The molecule has 0 spiro atoms. The quantitative estimate of drug-likeness (QED) is 0.398. The molecule has 0 aliphatic carbocycles. The summed E-state index contributed by atoms with van der Waals surface area (Å²) in [6.45, 7) is -1.45. The molecule has 5 rings (SSSR count). The van der Waals surface area contributed by atoms with Gasteiger partial charge >= 0.3 is 6.61 Å². The number of nitrogens with zero attached hydrogens (tertiary/aromatic N) is 7. The van der Waals surface area contributed by atoms with Gasteiger partial charge in [0.05, 0.1) is 23.9 Å². The van der Waals surface area contributed by atoms with Crippen LogP contribution in [0.5, 0.6) is 5.88 Å². The number of alkyl halides is 2. The Morgan fingerprint density at radius 1 is 1.15 bits per heavy atom. The van der Waals surface area contributed by atoms with Crippen molar-refractivity contribution in [1.29, 1.82) is 0 Å². The maximum Gasteiger partial charge on any atom is 0.388 e. The summed E-state index contributed by atoms with van der Waals surface area (Å²) < 4.78 is 51.0. The topological polar surface area (TPSA) is 130 Å². The number of halogens is 3. The van der Waals surface area contributed by atoms with Crippen molar-refractivity contribution in [3.05, 3.63) is 66.0 Å². The summed E-state index contributed by atoms with van der Waals surface area (Å²) in [4.78, 5) is 21.0. The number of aromatic nitrogens is 7. The zero-order chi connectivity index (χ0) is 23.8. The molecule has 5 aromatic heterocycles. The van der Waals surface area contributed by atoms with Crippen molar-refractivity contribution < 1.29 is 22.3 Å². The highest BCUT2D eigenvalue weighted by Gasteiger charge is 2.24. The lowest BCUT2D eigenvalue weighted by molar-refractivity contribution is -0.0528. The molecule has 13 heteroatoms. The molecule has 5 aromatic rings. The molecule has 0 fully saturated rings. The third-order valence-electron chi connectivity index (χ3n) is 4.78. The Bertz CT molecular complexity index is 1490. The number of nitrogen functional groups attached to an aromatic ring is 1. The Morgan fingerprint density at radius 3 is 2.74 bits per heavy atom. The van der Waals surface area contributed by atoms with E-state index in [-0.39, 0.29) is 47.0 Å². The summed E-state index contributed by atoms with van der Waals surface area (Å²) >= 11 is 0. The standard InChI is InChI=1S/C21H15F3N8O2/c1-10-7-11(8-15(28-10)34-20(23)24)16-17(19-27-5-6-33-19)30-21(25)32-18(16)29-14(31-32)9-13-12(22)3-2-4-26-13/h2-8,20H,9H2,1H3,(H2,25,30). The number of hydrogen-bond donors (Lipinski definition) is 1. The van der Waals surface area contributed by atoms with Gasteiger partial charge in [0.2, 0.25) is 17.7 Å². The average molecular weight is 468 g/mol. The lowest BCUT2D eigenvalue weighted by Gasteiger charge is -2.12. The van der Waals surface area contributed by atoms with Crippen LogP contribution < -0.4 is 10.5 Å². The zero-order valence-corrected chi connectivity index (χ0v) is 17.5. The highest BCUT2D eigenvalue weighted by Crippen LogP contribution is 2.36. The molecule has 0 amide bonds. The van der Waals surface area contributed by atoms with Gasteiger partial charge in [-0.2, -0.15) is 13.3 Å². The first-order valence-electron chi connectivity index (χ1n) is 9.87. The molecular weight excluding hydrogens is 453 g/mol. The highest BCUT2D eigenvalue weighted by molar-refractivity contribution is 5.89. The first kappa shape index (κ1) is 21.3. The summed E-state index contributed by atoms with van der Waals surface area (Å²) in [5.74, 6) is -0.510. The van der Waals surface area contributed by atoms with Gasteiger partial charge < -0.3 is 14.9 Å². The Balaban J connectivity index is 1.74. The van der Waals surface area contributed by atoms with Gasteiger partial charge in [0.15, 0.2) is 11.5 Å². The third kappa shape index (κ3) is 3.98. The molecule has 34 heavy (non-hydrogen) atoms. The van der Waals surface area contributed by atoms with Crippen molar-refractivity contribution in [3.63, 3.8) is 0 Å². The normalized spacial score (nSPS) is 11.4. The number of hydrogen-bond acceptors (Lipinski definition) is 9. The van der Waals surface area contributed by atoms with E-state index in [2.05, 4.69) is 34.8 Å². The van der Waals surface area contributed by atoms with E-state index < -0.39 is 12.4 Å². The van der Waals surface area contributed by atoms with Crippen molar-refractivity contribution in [3.8, 4) is 28.6 Å². The predicted molar refractivity (Wildman–Crippen MR) is 112 cm³/mol. The van der Waals surface area contributed by atoms with Crippen molar-refractivity contribution in [2.45, 2.75) is 20.0 Å². The number of fused-ring (bicyclic) bond motifs is 1. The molecule has 2 N–H and O–H groups in total. The molecule has 5 heterocycles. The second-order valence-corrected chi connectivity index (χ2v) is 7.12. The molecule has 0 atom stereocenters. The van der Waals surface area contributed by atoms with Crippen molar-refractivity contribution in [1.82, 2.24) is 34.5 Å². The number of pyridine rings is 2. The molecule has 0 radical (unpaired) electrons. The lowest BCUT2D eigenvalue weighted by Crippen LogP contribution is -2.07. The van der Waals surface area contributed by atoms with E-state index in [9.17, 15) is 13.2 Å². The highest BCUT2D eigenvalue weighted by atomic mass is 19.3. The van der Waals surface area contributed by atoms with Gasteiger partial charge in [0.25, 0.3) is 0 Å². The van der Waals surface area contributed by atoms with Crippen molar-refractivity contribution >= 4 is 11.6 Å². The minimum atomic E-state index is -3.06. The second kappa shape index (κ2) is 8.42. The Kier molecular flexibility index (Phi) is 5.28. The van der Waals surface area contributed by atoms with Crippen LogP contribution in [-0.4, -0.2) is 41.1 Å². The molecule has 0 aliphatic rings. The molecule has 0 saturated heterocycles. The van der Waals surface area contributed by atoms with E-state index in [1.807, 2.05) is 0 Å². The molecule has 172 valence electrons. The molecule has 0 unspecified atom stereocenters. The van der Waals surface area contributed by atoms with E-state index in [0.717, 1.165) is 0 Å².